The van der Waals surface area contributed by atoms with Gasteiger partial charge in [-0.1, -0.05) is 11.6 Å². The third kappa shape index (κ3) is 1.06. The minimum atomic E-state index is 0.991. The first-order valence-electron chi connectivity index (χ1n) is 4.92. The van der Waals surface area contributed by atoms with E-state index in [1.54, 1.807) is 6.33 Å². The number of aromatic nitrogens is 3. The van der Waals surface area contributed by atoms with Crippen LogP contribution in [0.25, 0.3) is 21.9 Å². The molecule has 0 aliphatic rings. The summed E-state index contributed by atoms with van der Waals surface area (Å²) in [6.45, 7) is 2.10. The lowest BCUT2D eigenvalue weighted by Gasteiger charge is -1.96. The molecular formula is C12H11N3. The van der Waals surface area contributed by atoms with E-state index < -0.39 is 0 Å². The summed E-state index contributed by atoms with van der Waals surface area (Å²) in [6, 6.07) is 6.43. The molecule has 0 unspecified atom stereocenters. The average molecular weight is 197 g/mol. The van der Waals surface area contributed by atoms with Gasteiger partial charge in [0, 0.05) is 24.0 Å². The van der Waals surface area contributed by atoms with Crippen LogP contribution in [-0.2, 0) is 7.05 Å². The topological polar surface area (TPSA) is 30.7 Å². The number of hydrogen-bond acceptors (Lipinski definition) is 2. The van der Waals surface area contributed by atoms with Crippen molar-refractivity contribution in [3.05, 3.63) is 36.3 Å². The second-order valence-corrected chi connectivity index (χ2v) is 3.84. The van der Waals surface area contributed by atoms with Crippen molar-refractivity contribution >= 4 is 21.9 Å². The van der Waals surface area contributed by atoms with E-state index >= 15 is 0 Å². The molecule has 2 heterocycles. The van der Waals surface area contributed by atoms with Crippen LogP contribution >= 0.6 is 0 Å². The van der Waals surface area contributed by atoms with Gasteiger partial charge in [-0.3, -0.25) is 0 Å². The van der Waals surface area contributed by atoms with Crippen LogP contribution in [0, 0.1) is 6.92 Å². The summed E-state index contributed by atoms with van der Waals surface area (Å²) in [6.07, 6.45) is 3.47. The Morgan fingerprint density at radius 1 is 1.20 bits per heavy atom. The second kappa shape index (κ2) is 2.79. The highest BCUT2D eigenvalue weighted by Crippen LogP contribution is 2.26. The smallest absolute Gasteiger partial charge is 0.144 e. The quantitative estimate of drug-likeness (QED) is 0.554. The fourth-order valence-electron chi connectivity index (χ4n) is 2.05. The van der Waals surface area contributed by atoms with Crippen molar-refractivity contribution in [1.29, 1.82) is 0 Å². The van der Waals surface area contributed by atoms with E-state index in [1.165, 1.54) is 16.5 Å². The summed E-state index contributed by atoms with van der Waals surface area (Å²) in [5.74, 6) is 0. The fraction of sp³-hybridized carbons (Fsp3) is 0.167. The first-order chi connectivity index (χ1) is 7.27. The maximum absolute atomic E-state index is 4.30. The lowest BCUT2D eigenvalue weighted by Crippen LogP contribution is -1.89. The summed E-state index contributed by atoms with van der Waals surface area (Å²) in [5, 5.41) is 2.35. The number of hydrogen-bond donors (Lipinski definition) is 0. The number of rotatable bonds is 0. The van der Waals surface area contributed by atoms with Crippen LogP contribution in [0.2, 0.25) is 0 Å². The Kier molecular flexibility index (Phi) is 1.57. The van der Waals surface area contributed by atoms with Crippen molar-refractivity contribution < 1.29 is 0 Å². The summed E-state index contributed by atoms with van der Waals surface area (Å²) in [5.41, 5.74) is 3.46. The zero-order valence-corrected chi connectivity index (χ0v) is 8.73. The van der Waals surface area contributed by atoms with Gasteiger partial charge in [0.15, 0.2) is 0 Å². The highest BCUT2D eigenvalue weighted by atomic mass is 15.0. The molecule has 0 aliphatic heterocycles. The molecule has 3 rings (SSSR count). The zero-order valence-electron chi connectivity index (χ0n) is 8.73. The molecule has 0 amide bonds. The van der Waals surface area contributed by atoms with Crippen molar-refractivity contribution in [3.63, 3.8) is 0 Å². The number of nitrogens with zero attached hydrogens (tertiary/aromatic N) is 3. The standard InChI is InChI=1S/C12H11N3/c1-8-3-4-11-9(5-8)10-6-13-7-14-12(10)15(11)2/h3-7H,1-2H3. The number of aryl methyl sites for hydroxylation is 2. The average Bonchev–Trinajstić information content (AvgIpc) is 2.54. The first kappa shape index (κ1) is 8.41. The Balaban J connectivity index is 2.64. The van der Waals surface area contributed by atoms with Gasteiger partial charge in [-0.25, -0.2) is 9.97 Å². The predicted molar refractivity (Wildman–Crippen MR) is 60.8 cm³/mol. The van der Waals surface area contributed by atoms with Crippen molar-refractivity contribution in [2.45, 2.75) is 6.92 Å². The van der Waals surface area contributed by atoms with E-state index in [0.29, 0.717) is 0 Å². The highest BCUT2D eigenvalue weighted by molar-refractivity contribution is 6.06. The van der Waals surface area contributed by atoms with Crippen LogP contribution in [-0.4, -0.2) is 14.5 Å². The number of benzene rings is 1. The molecule has 1 aromatic carbocycles. The molecule has 0 N–H and O–H groups in total. The van der Waals surface area contributed by atoms with E-state index in [1.807, 2.05) is 13.2 Å². The molecule has 3 nitrogen and oxygen atoms in total. The molecule has 0 aliphatic carbocycles. The van der Waals surface area contributed by atoms with Gasteiger partial charge in [-0.05, 0) is 19.1 Å². The van der Waals surface area contributed by atoms with Crippen LogP contribution in [0.5, 0.6) is 0 Å². The Labute approximate surface area is 87.4 Å². The molecular weight excluding hydrogens is 186 g/mol. The van der Waals surface area contributed by atoms with Gasteiger partial charge in [-0.2, -0.15) is 0 Å². The summed E-state index contributed by atoms with van der Waals surface area (Å²) < 4.78 is 2.10. The van der Waals surface area contributed by atoms with Gasteiger partial charge in [0.1, 0.15) is 12.0 Å². The molecule has 0 saturated heterocycles. The van der Waals surface area contributed by atoms with E-state index in [4.69, 9.17) is 0 Å². The maximum atomic E-state index is 4.30. The second-order valence-electron chi connectivity index (χ2n) is 3.84. The van der Waals surface area contributed by atoms with Crippen molar-refractivity contribution in [3.8, 4) is 0 Å². The fourth-order valence-corrected chi connectivity index (χ4v) is 2.05. The lowest BCUT2D eigenvalue weighted by atomic mass is 10.1. The largest absolute Gasteiger partial charge is 0.328 e. The third-order valence-corrected chi connectivity index (χ3v) is 2.81. The Morgan fingerprint density at radius 2 is 2.07 bits per heavy atom. The van der Waals surface area contributed by atoms with Crippen molar-refractivity contribution in [1.82, 2.24) is 14.5 Å². The molecule has 0 bridgehead atoms. The van der Waals surface area contributed by atoms with Crippen LogP contribution in [0.3, 0.4) is 0 Å². The summed E-state index contributed by atoms with van der Waals surface area (Å²) >= 11 is 0. The van der Waals surface area contributed by atoms with E-state index in [0.717, 1.165) is 11.0 Å². The number of fused-ring (bicyclic) bond motifs is 3. The van der Waals surface area contributed by atoms with Crippen molar-refractivity contribution in [2.75, 3.05) is 0 Å². The molecule has 0 spiro atoms. The van der Waals surface area contributed by atoms with Gasteiger partial charge < -0.3 is 4.57 Å². The molecule has 3 heteroatoms. The van der Waals surface area contributed by atoms with Crippen molar-refractivity contribution in [2.24, 2.45) is 7.05 Å². The van der Waals surface area contributed by atoms with Gasteiger partial charge in [0.25, 0.3) is 0 Å². The summed E-state index contributed by atoms with van der Waals surface area (Å²) in [4.78, 5) is 8.38. The minimum absolute atomic E-state index is 0.991. The van der Waals surface area contributed by atoms with E-state index in [-0.39, 0.29) is 0 Å². The normalized spacial score (nSPS) is 11.3. The monoisotopic (exact) mass is 197 g/mol. The van der Waals surface area contributed by atoms with Crippen LogP contribution in [0.15, 0.2) is 30.7 Å². The Bertz CT molecular complexity index is 652. The minimum Gasteiger partial charge on any atom is -0.328 e. The first-order valence-corrected chi connectivity index (χ1v) is 4.92. The molecule has 2 aromatic heterocycles. The van der Waals surface area contributed by atoms with Crippen LogP contribution in [0.1, 0.15) is 5.56 Å². The van der Waals surface area contributed by atoms with E-state index in [2.05, 4.69) is 39.7 Å². The molecule has 3 aromatic rings. The van der Waals surface area contributed by atoms with Crippen LogP contribution < -0.4 is 0 Å². The Hall–Kier alpha value is -1.90. The zero-order chi connectivity index (χ0) is 10.4. The molecule has 0 radical (unpaired) electrons. The maximum Gasteiger partial charge on any atom is 0.144 e. The lowest BCUT2D eigenvalue weighted by molar-refractivity contribution is 0.982. The predicted octanol–water partition coefficient (Wildman–Crippen LogP) is 2.43. The molecule has 0 atom stereocenters. The Morgan fingerprint density at radius 3 is 2.93 bits per heavy atom. The molecule has 15 heavy (non-hydrogen) atoms. The SMILES string of the molecule is Cc1ccc2c(c1)c1cncnc1n2C. The van der Waals surface area contributed by atoms with Crippen LogP contribution in [0.4, 0.5) is 0 Å². The molecule has 0 fully saturated rings. The van der Waals surface area contributed by atoms with Gasteiger partial charge >= 0.3 is 0 Å². The van der Waals surface area contributed by atoms with Gasteiger partial charge in [0.05, 0.1) is 5.52 Å². The summed E-state index contributed by atoms with van der Waals surface area (Å²) in [7, 11) is 2.03. The third-order valence-electron chi connectivity index (χ3n) is 2.81. The molecule has 0 saturated carbocycles. The molecule has 74 valence electrons. The van der Waals surface area contributed by atoms with Gasteiger partial charge in [0.2, 0.25) is 0 Å². The highest BCUT2D eigenvalue weighted by Gasteiger charge is 2.08. The van der Waals surface area contributed by atoms with E-state index in [9.17, 15) is 0 Å². The van der Waals surface area contributed by atoms with Gasteiger partial charge in [-0.15, -0.1) is 0 Å².